The first-order chi connectivity index (χ1) is 11.2. The minimum absolute atomic E-state index is 0.0663. The molecule has 0 spiro atoms. The Morgan fingerprint density at radius 2 is 1.78 bits per heavy atom. The lowest BCUT2D eigenvalue weighted by Crippen LogP contribution is -2.47. The number of aromatic nitrogens is 2. The maximum absolute atomic E-state index is 12.0. The van der Waals surface area contributed by atoms with Crippen molar-refractivity contribution < 1.29 is 4.79 Å². The third-order valence-corrected chi connectivity index (χ3v) is 5.23. The monoisotopic (exact) mass is 317 g/mol. The Bertz CT molecular complexity index is 493. The van der Waals surface area contributed by atoms with Gasteiger partial charge in [0.05, 0.1) is 5.56 Å². The Morgan fingerprint density at radius 1 is 1.13 bits per heavy atom. The topological polar surface area (TPSA) is 61.4 Å². The highest BCUT2D eigenvalue weighted by molar-refractivity contribution is 5.93. The summed E-state index contributed by atoms with van der Waals surface area (Å²) in [6.07, 6.45) is 9.51. The van der Waals surface area contributed by atoms with Crippen molar-refractivity contribution in [1.82, 2.24) is 25.1 Å². The lowest BCUT2D eigenvalue weighted by molar-refractivity contribution is 0.0813. The average Bonchev–Trinajstić information content (AvgIpc) is 2.61. The molecule has 2 saturated heterocycles. The molecule has 0 aromatic carbocycles. The van der Waals surface area contributed by atoms with Crippen LogP contribution >= 0.6 is 0 Å². The molecule has 1 N–H and O–H groups in total. The molecule has 2 aliphatic heterocycles. The molecule has 1 amide bonds. The van der Waals surface area contributed by atoms with Crippen LogP contribution in [0.15, 0.2) is 18.7 Å². The van der Waals surface area contributed by atoms with E-state index in [0.29, 0.717) is 11.5 Å². The summed E-state index contributed by atoms with van der Waals surface area (Å²) in [5.74, 6) is 0.523. The molecule has 6 heteroatoms. The van der Waals surface area contributed by atoms with E-state index in [1.54, 1.807) is 12.4 Å². The van der Waals surface area contributed by atoms with E-state index >= 15 is 0 Å². The molecule has 126 valence electrons. The van der Waals surface area contributed by atoms with Gasteiger partial charge in [0, 0.05) is 25.0 Å². The van der Waals surface area contributed by atoms with E-state index in [-0.39, 0.29) is 5.91 Å². The van der Waals surface area contributed by atoms with Crippen molar-refractivity contribution in [3.8, 4) is 0 Å². The van der Waals surface area contributed by atoms with Crippen molar-refractivity contribution in [2.45, 2.75) is 31.7 Å². The van der Waals surface area contributed by atoms with Crippen LogP contribution in [0.25, 0.3) is 0 Å². The van der Waals surface area contributed by atoms with Gasteiger partial charge in [0.1, 0.15) is 6.33 Å². The van der Waals surface area contributed by atoms with Gasteiger partial charge in [0.25, 0.3) is 5.91 Å². The number of carbonyl (C=O) groups is 1. The summed E-state index contributed by atoms with van der Waals surface area (Å²) in [7, 11) is 2.21. The predicted molar refractivity (Wildman–Crippen MR) is 89.2 cm³/mol. The molecule has 23 heavy (non-hydrogen) atoms. The summed E-state index contributed by atoms with van der Waals surface area (Å²) in [5.41, 5.74) is 0.538. The number of rotatable bonds is 4. The minimum Gasteiger partial charge on any atom is -0.352 e. The lowest BCUT2D eigenvalue weighted by atomic mass is 9.93. The maximum Gasteiger partial charge on any atom is 0.254 e. The van der Waals surface area contributed by atoms with Crippen LogP contribution in [0.4, 0.5) is 0 Å². The Morgan fingerprint density at radius 3 is 2.43 bits per heavy atom. The third-order valence-electron chi connectivity index (χ3n) is 5.23. The van der Waals surface area contributed by atoms with Gasteiger partial charge in [0.2, 0.25) is 0 Å². The number of hydrogen-bond acceptors (Lipinski definition) is 5. The van der Waals surface area contributed by atoms with Gasteiger partial charge in [-0.25, -0.2) is 9.97 Å². The van der Waals surface area contributed by atoms with E-state index in [9.17, 15) is 4.79 Å². The molecule has 0 aliphatic carbocycles. The van der Waals surface area contributed by atoms with E-state index in [1.807, 2.05) is 0 Å². The van der Waals surface area contributed by atoms with E-state index in [0.717, 1.165) is 12.6 Å². The fourth-order valence-electron chi connectivity index (χ4n) is 3.64. The highest BCUT2D eigenvalue weighted by Crippen LogP contribution is 2.23. The number of carbonyl (C=O) groups excluding carboxylic acids is 1. The van der Waals surface area contributed by atoms with Gasteiger partial charge < -0.3 is 15.1 Å². The van der Waals surface area contributed by atoms with Crippen molar-refractivity contribution in [3.63, 3.8) is 0 Å². The lowest BCUT2D eigenvalue weighted by Gasteiger charge is -2.41. The molecule has 1 aromatic rings. The fraction of sp³-hybridized carbons (Fsp3) is 0.706. The van der Waals surface area contributed by atoms with Crippen LogP contribution in [-0.2, 0) is 0 Å². The highest BCUT2D eigenvalue weighted by Gasteiger charge is 2.27. The van der Waals surface area contributed by atoms with Crippen molar-refractivity contribution >= 4 is 5.91 Å². The quantitative estimate of drug-likeness (QED) is 0.898. The van der Waals surface area contributed by atoms with Gasteiger partial charge >= 0.3 is 0 Å². The largest absolute Gasteiger partial charge is 0.352 e. The zero-order valence-corrected chi connectivity index (χ0v) is 13.9. The SMILES string of the molecule is CN1CCC(N2CCC(CNC(=O)c3cncnc3)CC2)CC1. The van der Waals surface area contributed by atoms with Gasteiger partial charge in [-0.1, -0.05) is 0 Å². The molecule has 1 aromatic heterocycles. The van der Waals surface area contributed by atoms with E-state index in [1.165, 1.54) is 58.2 Å². The number of nitrogens with zero attached hydrogens (tertiary/aromatic N) is 4. The smallest absolute Gasteiger partial charge is 0.254 e. The minimum atomic E-state index is -0.0663. The van der Waals surface area contributed by atoms with E-state index in [2.05, 4.69) is 32.1 Å². The zero-order valence-electron chi connectivity index (χ0n) is 13.9. The van der Waals surface area contributed by atoms with Crippen LogP contribution in [0.5, 0.6) is 0 Å². The molecule has 2 fully saturated rings. The molecule has 0 bridgehead atoms. The molecule has 6 nitrogen and oxygen atoms in total. The van der Waals surface area contributed by atoms with E-state index in [4.69, 9.17) is 0 Å². The Hall–Kier alpha value is -1.53. The Kier molecular flexibility index (Phi) is 5.56. The average molecular weight is 317 g/mol. The van der Waals surface area contributed by atoms with Crippen molar-refractivity contribution in [3.05, 3.63) is 24.3 Å². The van der Waals surface area contributed by atoms with Crippen LogP contribution in [0.1, 0.15) is 36.0 Å². The molecule has 3 heterocycles. The van der Waals surface area contributed by atoms with Gasteiger partial charge in [-0.15, -0.1) is 0 Å². The van der Waals surface area contributed by atoms with Crippen LogP contribution in [-0.4, -0.2) is 71.5 Å². The summed E-state index contributed by atoms with van der Waals surface area (Å²) in [5, 5.41) is 3.02. The van der Waals surface area contributed by atoms with Crippen molar-refractivity contribution in [2.75, 3.05) is 39.8 Å². The summed E-state index contributed by atoms with van der Waals surface area (Å²) in [6, 6.07) is 0.767. The fourth-order valence-corrected chi connectivity index (χ4v) is 3.64. The third kappa shape index (κ3) is 4.48. The molecule has 0 saturated carbocycles. The van der Waals surface area contributed by atoms with Crippen molar-refractivity contribution in [2.24, 2.45) is 5.92 Å². The number of likely N-dealkylation sites (tertiary alicyclic amines) is 2. The molecule has 3 rings (SSSR count). The van der Waals surface area contributed by atoms with Crippen LogP contribution in [0.2, 0.25) is 0 Å². The molecule has 0 unspecified atom stereocenters. The molecule has 0 radical (unpaired) electrons. The van der Waals surface area contributed by atoms with Crippen LogP contribution in [0.3, 0.4) is 0 Å². The standard InChI is InChI=1S/C17H27N5O/c1-21-6-4-16(5-7-21)22-8-2-14(3-9-22)10-20-17(23)15-11-18-13-19-12-15/h11-14,16H,2-10H2,1H3,(H,20,23). The second-order valence-corrected chi connectivity index (χ2v) is 6.85. The van der Waals surface area contributed by atoms with Gasteiger partial charge in [-0.3, -0.25) is 4.79 Å². The zero-order chi connectivity index (χ0) is 16.1. The van der Waals surface area contributed by atoms with Gasteiger partial charge in [0.15, 0.2) is 0 Å². The first kappa shape index (κ1) is 16.3. The number of amides is 1. The number of piperidine rings is 2. The Balaban J connectivity index is 1.38. The first-order valence-corrected chi connectivity index (χ1v) is 8.68. The number of nitrogens with one attached hydrogen (secondary N) is 1. The highest BCUT2D eigenvalue weighted by atomic mass is 16.1. The van der Waals surface area contributed by atoms with E-state index < -0.39 is 0 Å². The molecule has 0 atom stereocenters. The summed E-state index contributed by atoms with van der Waals surface area (Å²) < 4.78 is 0. The van der Waals surface area contributed by atoms with Gasteiger partial charge in [-0.2, -0.15) is 0 Å². The maximum atomic E-state index is 12.0. The molecule has 2 aliphatic rings. The normalized spacial score (nSPS) is 22.1. The molecular weight excluding hydrogens is 290 g/mol. The van der Waals surface area contributed by atoms with Crippen LogP contribution < -0.4 is 5.32 Å². The summed E-state index contributed by atoms with van der Waals surface area (Å²) >= 11 is 0. The predicted octanol–water partition coefficient (Wildman–Crippen LogP) is 1.01. The van der Waals surface area contributed by atoms with Gasteiger partial charge in [-0.05, 0) is 64.8 Å². The second kappa shape index (κ2) is 7.84. The summed E-state index contributed by atoms with van der Waals surface area (Å²) in [4.78, 5) is 24.9. The second-order valence-electron chi connectivity index (χ2n) is 6.85. The summed E-state index contributed by atoms with van der Waals surface area (Å²) in [6.45, 7) is 5.54. The first-order valence-electron chi connectivity index (χ1n) is 8.68. The van der Waals surface area contributed by atoms with Crippen molar-refractivity contribution in [1.29, 1.82) is 0 Å². The number of hydrogen-bond donors (Lipinski definition) is 1. The molecular formula is C17H27N5O. The Labute approximate surface area is 138 Å². The van der Waals surface area contributed by atoms with Crippen LogP contribution in [0, 0.1) is 5.92 Å².